The lowest BCUT2D eigenvalue weighted by Gasteiger charge is -2.16. The van der Waals surface area contributed by atoms with Crippen molar-refractivity contribution in [3.63, 3.8) is 0 Å². The van der Waals surface area contributed by atoms with E-state index >= 15 is 0 Å². The normalized spacial score (nSPS) is 13.6. The minimum absolute atomic E-state index is 0.160. The zero-order chi connectivity index (χ0) is 18.0. The molecule has 6 nitrogen and oxygen atoms in total. The average molecular weight is 360 g/mol. The van der Waals surface area contributed by atoms with Crippen LogP contribution in [0.3, 0.4) is 0 Å². The molecule has 0 unspecified atom stereocenters. The molecule has 2 aromatic rings. The predicted molar refractivity (Wildman–Crippen MR) is 97.9 cm³/mol. The first-order chi connectivity index (χ1) is 12.0. The Labute approximate surface area is 150 Å². The quantitative estimate of drug-likeness (QED) is 0.878. The molecular formula is C18H18ClN3O3. The molecule has 3 amide bonds. The van der Waals surface area contributed by atoms with E-state index in [4.69, 9.17) is 16.3 Å². The number of methoxy groups -OCH3 is 1. The van der Waals surface area contributed by atoms with E-state index in [0.29, 0.717) is 40.8 Å². The van der Waals surface area contributed by atoms with Crippen LogP contribution in [0.15, 0.2) is 36.4 Å². The van der Waals surface area contributed by atoms with E-state index in [1.54, 1.807) is 41.3 Å². The smallest absolute Gasteiger partial charge is 0.321 e. The zero-order valence-corrected chi connectivity index (χ0v) is 14.7. The molecule has 0 radical (unpaired) electrons. The molecule has 0 aliphatic carbocycles. The van der Waals surface area contributed by atoms with Gasteiger partial charge in [0.25, 0.3) is 5.91 Å². The number of nitrogens with zero attached hydrogens (tertiary/aromatic N) is 1. The number of anilines is 2. The molecule has 2 aromatic carbocycles. The summed E-state index contributed by atoms with van der Waals surface area (Å²) in [4.78, 5) is 26.0. The number of hydrogen-bond acceptors (Lipinski definition) is 3. The topological polar surface area (TPSA) is 70.7 Å². The molecule has 130 valence electrons. The number of carbonyl (C=O) groups excluding carboxylic acids is 2. The third-order valence-electron chi connectivity index (χ3n) is 4.01. The minimum Gasteiger partial charge on any atom is -0.495 e. The average Bonchev–Trinajstić information content (AvgIpc) is 3.04. The van der Waals surface area contributed by atoms with E-state index < -0.39 is 0 Å². The molecule has 7 heteroatoms. The maximum Gasteiger partial charge on any atom is 0.321 e. The van der Waals surface area contributed by atoms with Gasteiger partial charge in [0.1, 0.15) is 5.75 Å². The van der Waals surface area contributed by atoms with Crippen molar-refractivity contribution >= 4 is 34.9 Å². The highest BCUT2D eigenvalue weighted by Gasteiger charge is 2.22. The van der Waals surface area contributed by atoms with Gasteiger partial charge >= 0.3 is 6.03 Å². The Hall–Kier alpha value is -2.73. The lowest BCUT2D eigenvalue weighted by atomic mass is 10.1. The first kappa shape index (κ1) is 17.1. The summed E-state index contributed by atoms with van der Waals surface area (Å²) in [6.45, 7) is 3.02. The van der Waals surface area contributed by atoms with Crippen molar-refractivity contribution in [2.75, 3.05) is 30.4 Å². The number of amides is 3. The Morgan fingerprint density at radius 2 is 2.12 bits per heavy atom. The highest BCUT2D eigenvalue weighted by molar-refractivity contribution is 6.31. The van der Waals surface area contributed by atoms with Crippen molar-refractivity contribution in [3.8, 4) is 5.75 Å². The van der Waals surface area contributed by atoms with E-state index in [0.717, 1.165) is 5.56 Å². The summed E-state index contributed by atoms with van der Waals surface area (Å²) in [6, 6.07) is 10.2. The molecule has 0 atom stereocenters. The van der Waals surface area contributed by atoms with Crippen molar-refractivity contribution in [1.82, 2.24) is 5.32 Å². The molecule has 0 spiro atoms. The van der Waals surface area contributed by atoms with Gasteiger partial charge in [-0.2, -0.15) is 0 Å². The maximum absolute atomic E-state index is 12.6. The van der Waals surface area contributed by atoms with Gasteiger partial charge in [-0.05, 0) is 36.8 Å². The number of ether oxygens (including phenoxy) is 1. The van der Waals surface area contributed by atoms with Crippen LogP contribution in [-0.2, 0) is 0 Å². The Morgan fingerprint density at radius 3 is 2.80 bits per heavy atom. The van der Waals surface area contributed by atoms with E-state index in [9.17, 15) is 9.59 Å². The standard InChI is InChI=1S/C18H18ClN3O3/c1-11-8-15(16(25-2)10-14(11)19)21-17(23)12-4-3-5-13(9-12)22-7-6-20-18(22)24/h3-5,8-10H,6-7H2,1-2H3,(H,20,24)(H,21,23). The number of nitrogens with one attached hydrogen (secondary N) is 2. The number of urea groups is 1. The van der Waals surface area contributed by atoms with E-state index in [2.05, 4.69) is 10.6 Å². The van der Waals surface area contributed by atoms with Crippen LogP contribution in [0.4, 0.5) is 16.2 Å². The van der Waals surface area contributed by atoms with Crippen molar-refractivity contribution in [2.24, 2.45) is 0 Å². The number of benzene rings is 2. The van der Waals surface area contributed by atoms with Gasteiger partial charge in [0.15, 0.2) is 0 Å². The van der Waals surface area contributed by atoms with Crippen molar-refractivity contribution in [2.45, 2.75) is 6.92 Å². The van der Waals surface area contributed by atoms with Gasteiger partial charge in [0.2, 0.25) is 0 Å². The molecule has 1 heterocycles. The fourth-order valence-corrected chi connectivity index (χ4v) is 2.81. The van der Waals surface area contributed by atoms with Crippen LogP contribution in [-0.4, -0.2) is 32.1 Å². The highest BCUT2D eigenvalue weighted by atomic mass is 35.5. The summed E-state index contributed by atoms with van der Waals surface area (Å²) < 4.78 is 5.28. The van der Waals surface area contributed by atoms with Gasteiger partial charge in [-0.1, -0.05) is 17.7 Å². The molecule has 1 aliphatic heterocycles. The second kappa shape index (κ2) is 7.03. The summed E-state index contributed by atoms with van der Waals surface area (Å²) in [6.07, 6.45) is 0. The molecular weight excluding hydrogens is 342 g/mol. The summed E-state index contributed by atoms with van der Waals surface area (Å²) in [5, 5.41) is 6.14. The number of aryl methyl sites for hydroxylation is 1. The third-order valence-corrected chi connectivity index (χ3v) is 4.41. The second-order valence-corrected chi connectivity index (χ2v) is 6.10. The molecule has 1 fully saturated rings. The maximum atomic E-state index is 12.6. The van der Waals surface area contributed by atoms with Gasteiger partial charge in [0.05, 0.1) is 12.8 Å². The number of halogens is 1. The van der Waals surface area contributed by atoms with Crippen LogP contribution >= 0.6 is 11.6 Å². The Morgan fingerprint density at radius 1 is 1.32 bits per heavy atom. The fourth-order valence-electron chi connectivity index (χ4n) is 2.66. The highest BCUT2D eigenvalue weighted by Crippen LogP contribution is 2.31. The van der Waals surface area contributed by atoms with Crippen molar-refractivity contribution < 1.29 is 14.3 Å². The van der Waals surface area contributed by atoms with E-state index in [1.165, 1.54) is 7.11 Å². The van der Waals surface area contributed by atoms with Crippen LogP contribution in [0.1, 0.15) is 15.9 Å². The van der Waals surface area contributed by atoms with Crippen LogP contribution in [0, 0.1) is 6.92 Å². The van der Waals surface area contributed by atoms with Crippen LogP contribution < -0.4 is 20.3 Å². The molecule has 25 heavy (non-hydrogen) atoms. The second-order valence-electron chi connectivity index (χ2n) is 5.69. The molecule has 0 saturated carbocycles. The van der Waals surface area contributed by atoms with Crippen molar-refractivity contribution in [3.05, 3.63) is 52.5 Å². The minimum atomic E-state index is -0.290. The Bertz CT molecular complexity index is 838. The molecule has 3 rings (SSSR count). The number of rotatable bonds is 4. The summed E-state index contributed by atoms with van der Waals surface area (Å²) >= 11 is 6.09. The lowest BCUT2D eigenvalue weighted by molar-refractivity contribution is 0.102. The number of hydrogen-bond donors (Lipinski definition) is 2. The Kier molecular flexibility index (Phi) is 4.81. The molecule has 0 bridgehead atoms. The van der Waals surface area contributed by atoms with Gasteiger partial charge in [-0.15, -0.1) is 0 Å². The first-order valence-electron chi connectivity index (χ1n) is 7.80. The largest absolute Gasteiger partial charge is 0.495 e. The molecule has 0 aromatic heterocycles. The zero-order valence-electron chi connectivity index (χ0n) is 13.9. The molecule has 2 N–H and O–H groups in total. The predicted octanol–water partition coefficient (Wildman–Crippen LogP) is 3.44. The summed E-state index contributed by atoms with van der Waals surface area (Å²) in [7, 11) is 1.52. The number of carbonyl (C=O) groups is 2. The molecule has 1 aliphatic rings. The Balaban J connectivity index is 1.85. The van der Waals surface area contributed by atoms with Crippen molar-refractivity contribution in [1.29, 1.82) is 0 Å². The first-order valence-corrected chi connectivity index (χ1v) is 8.18. The summed E-state index contributed by atoms with van der Waals surface area (Å²) in [5.74, 6) is 0.195. The van der Waals surface area contributed by atoms with Gasteiger partial charge in [-0.3, -0.25) is 9.69 Å². The monoisotopic (exact) mass is 359 g/mol. The van der Waals surface area contributed by atoms with Crippen LogP contribution in [0.2, 0.25) is 5.02 Å². The van der Waals surface area contributed by atoms with Gasteiger partial charge < -0.3 is 15.4 Å². The van der Waals surface area contributed by atoms with Crippen LogP contribution in [0.25, 0.3) is 0 Å². The molecule has 1 saturated heterocycles. The van der Waals surface area contributed by atoms with Crippen LogP contribution in [0.5, 0.6) is 5.75 Å². The SMILES string of the molecule is COc1cc(Cl)c(C)cc1NC(=O)c1cccc(N2CCNC2=O)c1. The summed E-state index contributed by atoms with van der Waals surface area (Å²) in [5.41, 5.74) is 2.51. The van der Waals surface area contributed by atoms with Gasteiger partial charge in [-0.25, -0.2) is 4.79 Å². The van der Waals surface area contributed by atoms with E-state index in [-0.39, 0.29) is 11.9 Å². The third kappa shape index (κ3) is 3.53. The van der Waals surface area contributed by atoms with E-state index in [1.807, 2.05) is 6.92 Å². The van der Waals surface area contributed by atoms with Gasteiger partial charge in [0, 0.05) is 35.4 Å². The lowest BCUT2D eigenvalue weighted by Crippen LogP contribution is -2.27. The fraction of sp³-hybridized carbons (Fsp3) is 0.222.